The number of thiazole rings is 1. The lowest BCUT2D eigenvalue weighted by molar-refractivity contribution is 0.0712. The third kappa shape index (κ3) is 5.91. The maximum Gasteiger partial charge on any atom is 0.431 e. The molecule has 2 amide bonds. The largest absolute Gasteiger partial charge is 0.493 e. The summed E-state index contributed by atoms with van der Waals surface area (Å²) in [7, 11) is 1.58. The Morgan fingerprint density at radius 1 is 1.14 bits per heavy atom. The number of nitrogens with one attached hydrogen (secondary N) is 1. The van der Waals surface area contributed by atoms with Gasteiger partial charge in [0.05, 0.1) is 31.0 Å². The molecule has 1 aliphatic rings. The van der Waals surface area contributed by atoms with Crippen molar-refractivity contribution in [2.24, 2.45) is 5.10 Å². The van der Waals surface area contributed by atoms with Crippen molar-refractivity contribution in [3.8, 4) is 11.5 Å². The SMILES string of the molecule is CCOc1ccc(C2=NN(Cc3ccc(NC(=O)c4sc(C)nc4C)cc3)C(=O)OC2CC)cc1OC. The number of hydrazone groups is 1. The molecule has 0 saturated carbocycles. The number of carbonyl (C=O) groups excluding carboxylic acids is 2. The maximum atomic E-state index is 12.7. The highest BCUT2D eigenvalue weighted by atomic mass is 32.1. The number of carbonyl (C=O) groups is 2. The predicted molar refractivity (Wildman–Crippen MR) is 143 cm³/mol. The monoisotopic (exact) mass is 522 g/mol. The van der Waals surface area contributed by atoms with Gasteiger partial charge in [0.2, 0.25) is 0 Å². The molecule has 0 spiro atoms. The van der Waals surface area contributed by atoms with Crippen molar-refractivity contribution in [1.29, 1.82) is 0 Å². The number of ether oxygens (including phenoxy) is 3. The van der Waals surface area contributed by atoms with Gasteiger partial charge in [0.15, 0.2) is 11.5 Å². The number of rotatable bonds is 9. The van der Waals surface area contributed by atoms with Gasteiger partial charge >= 0.3 is 6.09 Å². The summed E-state index contributed by atoms with van der Waals surface area (Å²) >= 11 is 1.36. The summed E-state index contributed by atoms with van der Waals surface area (Å²) in [4.78, 5) is 30.2. The molecule has 0 bridgehead atoms. The van der Waals surface area contributed by atoms with Gasteiger partial charge in [-0.2, -0.15) is 10.1 Å². The zero-order valence-electron chi connectivity index (χ0n) is 21.5. The topological polar surface area (TPSA) is 102 Å². The van der Waals surface area contributed by atoms with Gasteiger partial charge in [0, 0.05) is 11.3 Å². The van der Waals surface area contributed by atoms with Gasteiger partial charge in [-0.15, -0.1) is 11.3 Å². The highest BCUT2D eigenvalue weighted by Gasteiger charge is 2.31. The number of hydrogen-bond donors (Lipinski definition) is 1. The summed E-state index contributed by atoms with van der Waals surface area (Å²) in [5.41, 5.74) is 3.63. The minimum atomic E-state index is -0.512. The van der Waals surface area contributed by atoms with Crippen molar-refractivity contribution in [3.05, 3.63) is 69.2 Å². The third-order valence-electron chi connectivity index (χ3n) is 5.77. The van der Waals surface area contributed by atoms with Gasteiger partial charge in [0.1, 0.15) is 16.7 Å². The molecule has 1 aliphatic heterocycles. The van der Waals surface area contributed by atoms with E-state index in [9.17, 15) is 9.59 Å². The van der Waals surface area contributed by atoms with Crippen molar-refractivity contribution in [2.75, 3.05) is 19.0 Å². The molecule has 0 radical (unpaired) electrons. The van der Waals surface area contributed by atoms with Crippen molar-refractivity contribution in [1.82, 2.24) is 9.99 Å². The Kier molecular flexibility index (Phi) is 8.08. The van der Waals surface area contributed by atoms with Crippen LogP contribution in [0.15, 0.2) is 47.6 Å². The van der Waals surface area contributed by atoms with Gasteiger partial charge in [0.25, 0.3) is 5.91 Å². The van der Waals surface area contributed by atoms with Crippen LogP contribution in [0.4, 0.5) is 10.5 Å². The first kappa shape index (κ1) is 26.2. The lowest BCUT2D eigenvalue weighted by Gasteiger charge is -2.29. The molecular weight excluding hydrogens is 492 g/mol. The van der Waals surface area contributed by atoms with E-state index in [1.807, 2.05) is 58.0 Å². The van der Waals surface area contributed by atoms with Crippen LogP contribution in [-0.2, 0) is 11.3 Å². The van der Waals surface area contributed by atoms with Crippen LogP contribution in [0.2, 0.25) is 0 Å². The summed E-state index contributed by atoms with van der Waals surface area (Å²) in [6, 6.07) is 12.8. The third-order valence-corrected chi connectivity index (χ3v) is 6.84. The number of benzene rings is 2. The van der Waals surface area contributed by atoms with Crippen LogP contribution in [-0.4, -0.2) is 47.5 Å². The number of nitrogens with zero attached hydrogens (tertiary/aromatic N) is 3. The zero-order chi connectivity index (χ0) is 26.5. The van der Waals surface area contributed by atoms with Gasteiger partial charge in [-0.3, -0.25) is 4.79 Å². The van der Waals surface area contributed by atoms with E-state index in [0.29, 0.717) is 46.5 Å². The van der Waals surface area contributed by atoms with E-state index in [1.165, 1.54) is 16.3 Å². The van der Waals surface area contributed by atoms with E-state index >= 15 is 0 Å². The molecule has 0 fully saturated rings. The van der Waals surface area contributed by atoms with E-state index in [1.54, 1.807) is 19.2 Å². The lowest BCUT2D eigenvalue weighted by Crippen LogP contribution is -2.41. The smallest absolute Gasteiger partial charge is 0.431 e. The fraction of sp³-hybridized carbons (Fsp3) is 0.333. The highest BCUT2D eigenvalue weighted by Crippen LogP contribution is 2.30. The minimum Gasteiger partial charge on any atom is -0.493 e. The van der Waals surface area contributed by atoms with Crippen molar-refractivity contribution >= 4 is 34.7 Å². The zero-order valence-corrected chi connectivity index (χ0v) is 22.3. The average Bonchev–Trinajstić information content (AvgIpc) is 3.24. The first-order chi connectivity index (χ1) is 17.8. The number of cyclic esters (lactones) is 1. The molecule has 194 valence electrons. The number of amides is 2. The highest BCUT2D eigenvalue weighted by molar-refractivity contribution is 7.13. The first-order valence-corrected chi connectivity index (χ1v) is 12.9. The summed E-state index contributed by atoms with van der Waals surface area (Å²) < 4.78 is 16.8. The Bertz CT molecular complexity index is 1320. The van der Waals surface area contributed by atoms with Crippen LogP contribution in [0.3, 0.4) is 0 Å². The number of anilines is 1. The van der Waals surface area contributed by atoms with Crippen molar-refractivity contribution in [3.63, 3.8) is 0 Å². The molecular formula is C27H30N4O5S. The molecule has 1 unspecified atom stereocenters. The summed E-state index contributed by atoms with van der Waals surface area (Å²) in [5.74, 6) is 1.03. The molecule has 4 rings (SSSR count). The maximum absolute atomic E-state index is 12.7. The molecule has 37 heavy (non-hydrogen) atoms. The van der Waals surface area contributed by atoms with E-state index in [0.717, 1.165) is 16.1 Å². The molecule has 9 nitrogen and oxygen atoms in total. The predicted octanol–water partition coefficient (Wildman–Crippen LogP) is 5.55. The number of aryl methyl sites for hydroxylation is 2. The Hall–Kier alpha value is -3.92. The van der Waals surface area contributed by atoms with Crippen LogP contribution in [0, 0.1) is 13.8 Å². The van der Waals surface area contributed by atoms with Crippen LogP contribution in [0.1, 0.15) is 51.8 Å². The quantitative estimate of drug-likeness (QED) is 0.395. The Morgan fingerprint density at radius 2 is 1.89 bits per heavy atom. The second kappa shape index (κ2) is 11.4. The van der Waals surface area contributed by atoms with Gasteiger partial charge < -0.3 is 19.5 Å². The van der Waals surface area contributed by atoms with E-state index in [-0.39, 0.29) is 12.5 Å². The molecule has 1 aromatic heterocycles. The Balaban J connectivity index is 1.52. The molecule has 10 heteroatoms. The van der Waals surface area contributed by atoms with E-state index in [4.69, 9.17) is 14.2 Å². The number of aromatic nitrogens is 1. The molecule has 3 aromatic rings. The van der Waals surface area contributed by atoms with Crippen LogP contribution in [0.5, 0.6) is 11.5 Å². The van der Waals surface area contributed by atoms with Gasteiger partial charge in [-0.25, -0.2) is 9.78 Å². The van der Waals surface area contributed by atoms with Crippen molar-refractivity contribution in [2.45, 2.75) is 46.8 Å². The van der Waals surface area contributed by atoms with Gasteiger partial charge in [-0.05, 0) is 63.1 Å². The average molecular weight is 523 g/mol. The molecule has 0 saturated heterocycles. The first-order valence-electron chi connectivity index (χ1n) is 12.0. The molecule has 1 N–H and O–H groups in total. The Labute approximate surface area is 220 Å². The van der Waals surface area contributed by atoms with E-state index < -0.39 is 12.2 Å². The fourth-order valence-electron chi connectivity index (χ4n) is 3.99. The molecule has 1 atom stereocenters. The van der Waals surface area contributed by atoms with Gasteiger partial charge in [-0.1, -0.05) is 19.1 Å². The second-order valence-electron chi connectivity index (χ2n) is 8.42. The van der Waals surface area contributed by atoms with E-state index in [2.05, 4.69) is 15.4 Å². The Morgan fingerprint density at radius 3 is 2.51 bits per heavy atom. The summed E-state index contributed by atoms with van der Waals surface area (Å²) in [6.45, 7) is 8.28. The fourth-order valence-corrected chi connectivity index (χ4v) is 4.81. The molecule has 2 heterocycles. The molecule has 2 aromatic carbocycles. The second-order valence-corrected chi connectivity index (χ2v) is 9.62. The van der Waals surface area contributed by atoms with Crippen LogP contribution >= 0.6 is 11.3 Å². The minimum absolute atomic E-state index is 0.193. The van der Waals surface area contributed by atoms with Crippen molar-refractivity contribution < 1.29 is 23.8 Å². The summed E-state index contributed by atoms with van der Waals surface area (Å²) in [6.07, 6.45) is -0.397. The number of methoxy groups -OCH3 is 1. The number of hydrogen-bond acceptors (Lipinski definition) is 8. The van der Waals surface area contributed by atoms with Crippen LogP contribution in [0.25, 0.3) is 0 Å². The lowest BCUT2D eigenvalue weighted by atomic mass is 10.0. The normalized spacial score (nSPS) is 15.2. The van der Waals surface area contributed by atoms with Crippen LogP contribution < -0.4 is 14.8 Å². The molecule has 0 aliphatic carbocycles. The standard InChI is InChI=1S/C27H30N4O5S/c1-6-21-24(19-10-13-22(35-7-2)23(14-19)34-5)30-31(27(33)36-21)15-18-8-11-20(12-9-18)29-26(32)25-16(3)28-17(4)37-25/h8-14,21H,6-7,15H2,1-5H3,(H,29,32). The summed E-state index contributed by atoms with van der Waals surface area (Å²) in [5, 5.41) is 9.71.